The number of benzene rings is 1. The summed E-state index contributed by atoms with van der Waals surface area (Å²) in [5.41, 5.74) is 1.85. The van der Waals surface area contributed by atoms with Gasteiger partial charge < -0.3 is 14.8 Å². The van der Waals surface area contributed by atoms with Crippen LogP contribution in [-0.4, -0.2) is 22.5 Å². The molecule has 0 unspecified atom stereocenters. The van der Waals surface area contributed by atoms with Crippen molar-refractivity contribution in [2.75, 3.05) is 6.79 Å². The van der Waals surface area contributed by atoms with Crippen LogP contribution in [0, 0.1) is 0 Å². The van der Waals surface area contributed by atoms with Gasteiger partial charge in [-0.25, -0.2) is 0 Å². The Bertz CT molecular complexity index is 691. The lowest BCUT2D eigenvalue weighted by molar-refractivity contribution is -0.116. The minimum atomic E-state index is -0.156. The van der Waals surface area contributed by atoms with Crippen LogP contribution in [-0.2, 0) is 18.4 Å². The number of hydrogen-bond donors (Lipinski definition) is 1. The lowest BCUT2D eigenvalue weighted by atomic mass is 10.2. The molecule has 2 aromatic rings. The fourth-order valence-electron chi connectivity index (χ4n) is 2.00. The van der Waals surface area contributed by atoms with Gasteiger partial charge in [0.1, 0.15) is 0 Å². The highest BCUT2D eigenvalue weighted by Crippen LogP contribution is 2.32. The first-order valence-corrected chi connectivity index (χ1v) is 6.54. The maximum Gasteiger partial charge on any atom is 0.244 e. The molecule has 1 aliphatic rings. The highest BCUT2D eigenvalue weighted by atomic mass is 16.7. The fraction of sp³-hybridized carbons (Fsp3) is 0.200. The number of rotatable bonds is 4. The molecular weight excluding hydrogens is 270 g/mol. The Morgan fingerprint density at radius 3 is 3.10 bits per heavy atom. The van der Waals surface area contributed by atoms with Gasteiger partial charge in [-0.15, -0.1) is 0 Å². The fourth-order valence-corrected chi connectivity index (χ4v) is 2.00. The van der Waals surface area contributed by atoms with Crippen LogP contribution in [0.15, 0.2) is 36.7 Å². The Morgan fingerprint density at radius 1 is 1.43 bits per heavy atom. The molecule has 6 heteroatoms. The third-order valence-corrected chi connectivity index (χ3v) is 3.06. The number of aromatic nitrogens is 2. The number of fused-ring (bicyclic) bond motifs is 1. The predicted molar refractivity (Wildman–Crippen MR) is 76.7 cm³/mol. The summed E-state index contributed by atoms with van der Waals surface area (Å²) in [7, 11) is 1.83. The first kappa shape index (κ1) is 13.2. The molecule has 0 saturated carbocycles. The van der Waals surface area contributed by atoms with Gasteiger partial charge in [0.2, 0.25) is 12.7 Å². The third kappa shape index (κ3) is 3.22. The maximum absolute atomic E-state index is 11.7. The van der Waals surface area contributed by atoms with Gasteiger partial charge in [-0.2, -0.15) is 5.10 Å². The molecule has 1 aliphatic heterocycles. The number of hydrogen-bond acceptors (Lipinski definition) is 4. The zero-order valence-corrected chi connectivity index (χ0v) is 11.6. The summed E-state index contributed by atoms with van der Waals surface area (Å²) in [4.78, 5) is 11.7. The monoisotopic (exact) mass is 285 g/mol. The van der Waals surface area contributed by atoms with E-state index in [9.17, 15) is 4.79 Å². The Hall–Kier alpha value is -2.76. The zero-order chi connectivity index (χ0) is 14.7. The van der Waals surface area contributed by atoms with E-state index in [-0.39, 0.29) is 12.7 Å². The summed E-state index contributed by atoms with van der Waals surface area (Å²) in [5.74, 6) is 1.30. The molecule has 1 N–H and O–H groups in total. The van der Waals surface area contributed by atoms with E-state index in [0.717, 1.165) is 16.9 Å². The quantitative estimate of drug-likeness (QED) is 0.864. The number of carbonyl (C=O) groups excluding carboxylic acids is 1. The van der Waals surface area contributed by atoms with Crippen molar-refractivity contribution in [3.63, 3.8) is 0 Å². The molecule has 108 valence electrons. The lowest BCUT2D eigenvalue weighted by Gasteiger charge is -2.03. The Labute approximate surface area is 122 Å². The Morgan fingerprint density at radius 2 is 2.29 bits per heavy atom. The van der Waals surface area contributed by atoms with Crippen molar-refractivity contribution >= 4 is 12.0 Å². The average Bonchev–Trinajstić information content (AvgIpc) is 3.10. The second-order valence-electron chi connectivity index (χ2n) is 4.69. The van der Waals surface area contributed by atoms with Gasteiger partial charge in [0.25, 0.3) is 0 Å². The second-order valence-corrected chi connectivity index (χ2v) is 4.69. The van der Waals surface area contributed by atoms with E-state index < -0.39 is 0 Å². The van der Waals surface area contributed by atoms with Crippen LogP contribution in [0.25, 0.3) is 6.08 Å². The van der Waals surface area contributed by atoms with Gasteiger partial charge >= 0.3 is 0 Å². The van der Waals surface area contributed by atoms with E-state index >= 15 is 0 Å². The van der Waals surface area contributed by atoms with E-state index in [4.69, 9.17) is 9.47 Å². The Balaban J connectivity index is 1.55. The number of amides is 1. The molecule has 6 nitrogen and oxygen atoms in total. The molecular formula is C15H15N3O3. The molecule has 0 radical (unpaired) electrons. The van der Waals surface area contributed by atoms with Crippen molar-refractivity contribution in [1.82, 2.24) is 15.1 Å². The van der Waals surface area contributed by atoms with Crippen molar-refractivity contribution in [2.45, 2.75) is 6.54 Å². The normalized spacial score (nSPS) is 12.8. The predicted octanol–water partition coefficient (Wildman–Crippen LogP) is 1.48. The lowest BCUT2D eigenvalue weighted by Crippen LogP contribution is -2.20. The van der Waals surface area contributed by atoms with Crippen LogP contribution in [0.4, 0.5) is 0 Å². The van der Waals surface area contributed by atoms with E-state index in [1.54, 1.807) is 17.0 Å². The molecule has 1 aromatic carbocycles. The van der Waals surface area contributed by atoms with Crippen LogP contribution in [0.5, 0.6) is 11.5 Å². The SMILES string of the molecule is Cn1cc(C=CC(=O)NCc2ccc3c(c2)OCO3)cn1. The largest absolute Gasteiger partial charge is 0.454 e. The van der Waals surface area contributed by atoms with Crippen molar-refractivity contribution in [3.8, 4) is 11.5 Å². The number of aryl methyl sites for hydroxylation is 1. The van der Waals surface area contributed by atoms with Gasteiger partial charge in [-0.3, -0.25) is 9.48 Å². The summed E-state index contributed by atoms with van der Waals surface area (Å²) in [6.07, 6.45) is 6.75. The number of nitrogens with one attached hydrogen (secondary N) is 1. The van der Waals surface area contributed by atoms with Gasteiger partial charge in [-0.05, 0) is 23.8 Å². The van der Waals surface area contributed by atoms with E-state index in [2.05, 4.69) is 10.4 Å². The van der Waals surface area contributed by atoms with Crippen molar-refractivity contribution in [2.24, 2.45) is 7.05 Å². The minimum absolute atomic E-state index is 0.156. The smallest absolute Gasteiger partial charge is 0.244 e. The summed E-state index contributed by atoms with van der Waals surface area (Å²) in [5, 5.41) is 6.85. The van der Waals surface area contributed by atoms with Crippen LogP contribution in [0.2, 0.25) is 0 Å². The average molecular weight is 285 g/mol. The van der Waals surface area contributed by atoms with Gasteiger partial charge in [0.15, 0.2) is 11.5 Å². The highest BCUT2D eigenvalue weighted by Gasteiger charge is 2.13. The van der Waals surface area contributed by atoms with E-state index in [1.165, 1.54) is 6.08 Å². The van der Waals surface area contributed by atoms with E-state index in [1.807, 2.05) is 31.4 Å². The topological polar surface area (TPSA) is 65.4 Å². The van der Waals surface area contributed by atoms with Crippen molar-refractivity contribution < 1.29 is 14.3 Å². The molecule has 2 heterocycles. The van der Waals surface area contributed by atoms with Crippen molar-refractivity contribution in [3.05, 3.63) is 47.8 Å². The molecule has 1 amide bonds. The molecule has 0 fully saturated rings. The molecule has 21 heavy (non-hydrogen) atoms. The molecule has 0 bridgehead atoms. The number of nitrogens with zero attached hydrogens (tertiary/aromatic N) is 2. The summed E-state index contributed by atoms with van der Waals surface area (Å²) < 4.78 is 12.2. The summed E-state index contributed by atoms with van der Waals surface area (Å²) in [6.45, 7) is 0.686. The number of carbonyl (C=O) groups is 1. The molecule has 0 saturated heterocycles. The highest BCUT2D eigenvalue weighted by molar-refractivity contribution is 5.91. The van der Waals surface area contributed by atoms with Crippen LogP contribution in [0.3, 0.4) is 0 Å². The second kappa shape index (κ2) is 5.70. The Kier molecular flexibility index (Phi) is 3.59. The van der Waals surface area contributed by atoms with Crippen LogP contribution in [0.1, 0.15) is 11.1 Å². The summed E-state index contributed by atoms with van der Waals surface area (Å²) >= 11 is 0. The molecule has 0 spiro atoms. The maximum atomic E-state index is 11.7. The zero-order valence-electron chi connectivity index (χ0n) is 11.6. The third-order valence-electron chi connectivity index (χ3n) is 3.06. The number of ether oxygens (including phenoxy) is 2. The van der Waals surface area contributed by atoms with Crippen LogP contribution < -0.4 is 14.8 Å². The minimum Gasteiger partial charge on any atom is -0.454 e. The molecule has 0 atom stereocenters. The van der Waals surface area contributed by atoms with Crippen molar-refractivity contribution in [1.29, 1.82) is 0 Å². The van der Waals surface area contributed by atoms with E-state index in [0.29, 0.717) is 12.3 Å². The molecule has 3 rings (SSSR count). The first-order valence-electron chi connectivity index (χ1n) is 6.54. The molecule has 0 aliphatic carbocycles. The van der Waals surface area contributed by atoms with Gasteiger partial charge in [0.05, 0.1) is 6.20 Å². The standard InChI is InChI=1S/C15H15N3O3/c1-18-9-12(8-17-18)3-5-15(19)16-7-11-2-4-13-14(6-11)21-10-20-13/h2-6,8-9H,7,10H2,1H3,(H,16,19). The van der Waals surface area contributed by atoms with Gasteiger partial charge in [-0.1, -0.05) is 6.07 Å². The summed E-state index contributed by atoms with van der Waals surface area (Å²) in [6, 6.07) is 5.61. The molecule has 1 aromatic heterocycles. The van der Waals surface area contributed by atoms with Crippen LogP contribution >= 0.6 is 0 Å². The van der Waals surface area contributed by atoms with Gasteiger partial charge in [0, 0.05) is 31.4 Å². The first-order chi connectivity index (χ1) is 10.2.